The molecule has 2 aromatic carbocycles. The SMILES string of the molecule is CC1N(C)c2c(ccc3ccccc23)C1(C)C.[O-][Cl+3]([O-])([O-])O. The molecule has 0 fully saturated rings. The van der Waals surface area contributed by atoms with E-state index in [1.54, 1.807) is 0 Å². The van der Waals surface area contributed by atoms with Crippen LogP contribution in [0.15, 0.2) is 36.4 Å². The van der Waals surface area contributed by atoms with Gasteiger partial charge in [0.05, 0.1) is 14.9 Å². The lowest BCUT2D eigenvalue weighted by Crippen LogP contribution is -2.58. The normalized spacial score (nSPS) is 19.6. The van der Waals surface area contributed by atoms with Crippen LogP contribution in [-0.4, -0.2) is 17.7 Å². The Kier molecular flexibility index (Phi) is 4.39. The molecule has 0 saturated heterocycles. The van der Waals surface area contributed by atoms with E-state index >= 15 is 0 Å². The van der Waals surface area contributed by atoms with Gasteiger partial charge in [0.2, 0.25) is 0 Å². The highest BCUT2D eigenvalue weighted by molar-refractivity contribution is 5.97. The van der Waals surface area contributed by atoms with Gasteiger partial charge in [0, 0.05) is 29.6 Å². The van der Waals surface area contributed by atoms with Gasteiger partial charge in [-0.15, -0.1) is 0 Å². The van der Waals surface area contributed by atoms with Crippen molar-refractivity contribution in [2.75, 3.05) is 11.9 Å². The maximum absolute atomic E-state index is 8.60. The first kappa shape index (κ1) is 17.0. The molecule has 0 spiro atoms. The number of rotatable bonds is 0. The number of nitrogens with zero attached hydrogens (tertiary/aromatic N) is 1. The van der Waals surface area contributed by atoms with E-state index in [0.717, 1.165) is 0 Å². The number of halogens is 1. The van der Waals surface area contributed by atoms with E-state index in [1.165, 1.54) is 22.0 Å². The summed E-state index contributed by atoms with van der Waals surface area (Å²) in [5, 5.41) is 2.72. The summed E-state index contributed by atoms with van der Waals surface area (Å²) in [6.07, 6.45) is 0. The second-order valence-corrected chi connectivity index (χ2v) is 6.88. The fourth-order valence-corrected chi connectivity index (χ4v) is 3.06. The number of hydrogen-bond acceptors (Lipinski definition) is 5. The van der Waals surface area contributed by atoms with Gasteiger partial charge < -0.3 is 4.90 Å². The summed E-state index contributed by atoms with van der Waals surface area (Å²) >= 11 is 0. The minimum atomic E-state index is -4.69. The Morgan fingerprint density at radius 3 is 2.23 bits per heavy atom. The summed E-state index contributed by atoms with van der Waals surface area (Å²) < 4.78 is 32.7. The van der Waals surface area contributed by atoms with E-state index in [-0.39, 0.29) is 5.41 Å². The standard InChI is InChI=1S/C16H19N.ClHO4/c1-11-16(2,3)14-10-9-12-7-5-6-8-13(12)15(14)17(11)4;2-1(3,4)5/h5-11H,1-4H3;(H,2,3,4,5). The molecule has 1 aliphatic rings. The number of anilines is 1. The van der Waals surface area contributed by atoms with E-state index in [9.17, 15) is 0 Å². The molecule has 5 nitrogen and oxygen atoms in total. The van der Waals surface area contributed by atoms with E-state index in [0.29, 0.717) is 6.04 Å². The van der Waals surface area contributed by atoms with Crippen LogP contribution in [0.2, 0.25) is 0 Å². The lowest BCUT2D eigenvalue weighted by atomic mass is 9.81. The second-order valence-electron chi connectivity index (χ2n) is 6.09. The molecule has 0 aromatic heterocycles. The summed E-state index contributed by atoms with van der Waals surface area (Å²) in [4.78, 5) is 2.43. The predicted octanol–water partition coefficient (Wildman–Crippen LogP) is -0.168. The summed E-state index contributed by atoms with van der Waals surface area (Å²) in [7, 11) is -2.48. The lowest BCUT2D eigenvalue weighted by molar-refractivity contribution is -1.92. The molecule has 22 heavy (non-hydrogen) atoms. The maximum Gasteiger partial charge on any atom is 0.0777 e. The fourth-order valence-electron chi connectivity index (χ4n) is 3.06. The van der Waals surface area contributed by atoms with Crippen LogP contribution in [0.1, 0.15) is 26.3 Å². The Bertz CT molecular complexity index is 675. The maximum atomic E-state index is 8.60. The highest BCUT2D eigenvalue weighted by Crippen LogP contribution is 2.47. The molecule has 1 heterocycles. The summed E-state index contributed by atoms with van der Waals surface area (Å²) in [5.41, 5.74) is 3.13. The third-order valence-electron chi connectivity index (χ3n) is 4.57. The van der Waals surface area contributed by atoms with Gasteiger partial charge in [-0.3, -0.25) is 0 Å². The van der Waals surface area contributed by atoms with Crippen LogP contribution in [0, 0.1) is 10.2 Å². The van der Waals surface area contributed by atoms with Crippen molar-refractivity contribution >= 4 is 16.5 Å². The van der Waals surface area contributed by atoms with E-state index in [2.05, 4.69) is 69.1 Å². The van der Waals surface area contributed by atoms with Gasteiger partial charge in [0.15, 0.2) is 0 Å². The molecule has 0 amide bonds. The van der Waals surface area contributed by atoms with E-state index < -0.39 is 10.2 Å². The molecule has 6 heteroatoms. The van der Waals surface area contributed by atoms with Crippen LogP contribution >= 0.6 is 0 Å². The highest BCUT2D eigenvalue weighted by Gasteiger charge is 2.40. The Labute approximate surface area is 132 Å². The van der Waals surface area contributed by atoms with Crippen molar-refractivity contribution in [2.45, 2.75) is 32.2 Å². The second kappa shape index (κ2) is 5.68. The van der Waals surface area contributed by atoms with Gasteiger partial charge >= 0.3 is 0 Å². The zero-order valence-electron chi connectivity index (χ0n) is 13.0. The van der Waals surface area contributed by atoms with Gasteiger partial charge in [0.1, 0.15) is 0 Å². The van der Waals surface area contributed by atoms with Crippen molar-refractivity contribution in [3.8, 4) is 0 Å². The Hall–Kier alpha value is -1.37. The van der Waals surface area contributed by atoms with Gasteiger partial charge in [-0.05, 0) is 17.9 Å². The minimum Gasteiger partial charge on any atom is -0.370 e. The van der Waals surface area contributed by atoms with Crippen LogP contribution in [0.5, 0.6) is 0 Å². The van der Waals surface area contributed by atoms with Gasteiger partial charge in [-0.25, -0.2) is 0 Å². The van der Waals surface area contributed by atoms with Crippen LogP contribution in [0.4, 0.5) is 5.69 Å². The number of likely N-dealkylation sites (N-methyl/N-ethyl adjacent to an activating group) is 1. The first-order chi connectivity index (χ1) is 10.0. The fraction of sp³-hybridized carbons (Fsp3) is 0.375. The predicted molar refractivity (Wildman–Crippen MR) is 77.1 cm³/mol. The van der Waals surface area contributed by atoms with Crippen LogP contribution in [0.3, 0.4) is 0 Å². The van der Waals surface area contributed by atoms with Gasteiger partial charge in [-0.1, -0.05) is 50.2 Å². The molecule has 1 aliphatic heterocycles. The molecular weight excluding hydrogens is 306 g/mol. The Morgan fingerprint density at radius 1 is 1.09 bits per heavy atom. The Balaban J connectivity index is 0.000000309. The van der Waals surface area contributed by atoms with Crippen LogP contribution in [0.25, 0.3) is 10.8 Å². The molecular formula is C16H20ClNO4. The van der Waals surface area contributed by atoms with Crippen LogP contribution < -0.4 is 18.9 Å². The number of fused-ring (bicyclic) bond motifs is 3. The smallest absolute Gasteiger partial charge is 0.0777 e. The third kappa shape index (κ3) is 3.19. The zero-order valence-corrected chi connectivity index (χ0v) is 13.8. The quantitative estimate of drug-likeness (QED) is 0.726. The van der Waals surface area contributed by atoms with Gasteiger partial charge in [0.25, 0.3) is 0 Å². The topological polar surface area (TPSA) is 92.7 Å². The summed E-state index contributed by atoms with van der Waals surface area (Å²) in [6, 6.07) is 13.8. The molecule has 1 atom stereocenters. The monoisotopic (exact) mass is 325 g/mol. The van der Waals surface area contributed by atoms with Crippen molar-refractivity contribution in [1.82, 2.24) is 0 Å². The van der Waals surface area contributed by atoms with Crippen molar-refractivity contribution < 1.29 is 28.9 Å². The van der Waals surface area contributed by atoms with Crippen molar-refractivity contribution in [2.24, 2.45) is 0 Å². The van der Waals surface area contributed by atoms with E-state index in [1.807, 2.05) is 0 Å². The highest BCUT2D eigenvalue weighted by atomic mass is 35.7. The molecule has 2 aromatic rings. The molecule has 0 aliphatic carbocycles. The van der Waals surface area contributed by atoms with Gasteiger partial charge in [-0.2, -0.15) is 14.0 Å². The lowest BCUT2D eigenvalue weighted by Gasteiger charge is -2.28. The zero-order chi connectivity index (χ0) is 16.7. The van der Waals surface area contributed by atoms with Crippen LogP contribution in [-0.2, 0) is 5.41 Å². The molecule has 1 unspecified atom stereocenters. The average Bonchev–Trinajstić information content (AvgIpc) is 2.58. The molecule has 1 N–H and O–H groups in total. The first-order valence-corrected chi connectivity index (χ1v) is 8.18. The largest absolute Gasteiger partial charge is 0.370 e. The molecule has 0 bridgehead atoms. The number of benzene rings is 2. The number of hydrogen-bond donors (Lipinski definition) is 1. The third-order valence-corrected chi connectivity index (χ3v) is 4.57. The van der Waals surface area contributed by atoms with Crippen molar-refractivity contribution in [3.05, 3.63) is 42.0 Å². The molecule has 0 saturated carbocycles. The molecule has 0 radical (unpaired) electrons. The first-order valence-electron chi connectivity index (χ1n) is 6.92. The Morgan fingerprint density at radius 2 is 1.64 bits per heavy atom. The molecule has 3 rings (SSSR count). The minimum absolute atomic E-state index is 0.230. The van der Waals surface area contributed by atoms with E-state index in [4.69, 9.17) is 18.6 Å². The summed E-state index contributed by atoms with van der Waals surface area (Å²) in [5.74, 6) is 0. The van der Waals surface area contributed by atoms with Crippen molar-refractivity contribution in [1.29, 1.82) is 0 Å². The summed E-state index contributed by atoms with van der Waals surface area (Å²) in [6.45, 7) is 7.00. The van der Waals surface area contributed by atoms with Crippen molar-refractivity contribution in [3.63, 3.8) is 0 Å². The average molecular weight is 326 g/mol. The molecule has 120 valence electrons.